The molecule has 2 aromatic heterocycles. The first kappa shape index (κ1) is 25.7. The highest BCUT2D eigenvalue weighted by Gasteiger charge is 2.49. The number of anilines is 1. The van der Waals surface area contributed by atoms with E-state index in [1.165, 1.54) is 39.8 Å². The Morgan fingerprint density at radius 3 is 2.55 bits per heavy atom. The molecule has 194 valence electrons. The number of benzene rings is 2. The summed E-state index contributed by atoms with van der Waals surface area (Å²) in [7, 11) is 0. The van der Waals surface area contributed by atoms with Gasteiger partial charge in [0.05, 0.1) is 18.4 Å². The van der Waals surface area contributed by atoms with Crippen molar-refractivity contribution in [2.45, 2.75) is 36.4 Å². The first-order valence-electron chi connectivity index (χ1n) is 12.1. The number of Topliss-reactive ketones (excluding diaryl/α,β-unsaturated/α-hetero) is 1. The second kappa shape index (κ2) is 11.2. The molecule has 10 heteroatoms. The third-order valence-corrected chi connectivity index (χ3v) is 8.07. The molecule has 2 aromatic carbocycles. The van der Waals surface area contributed by atoms with Crippen LogP contribution in [-0.4, -0.2) is 33.6 Å². The number of aliphatic hydroxyl groups excluding tert-OH is 1. The number of carbonyl (C=O) groups excluding carboxylic acids is 2. The van der Waals surface area contributed by atoms with Crippen LogP contribution < -0.4 is 9.64 Å². The van der Waals surface area contributed by atoms with Gasteiger partial charge in [-0.05, 0) is 55.3 Å². The maximum atomic E-state index is 13.3. The predicted molar refractivity (Wildman–Crippen MR) is 146 cm³/mol. The summed E-state index contributed by atoms with van der Waals surface area (Å²) in [6, 6.07) is 17.3. The Hall–Kier alpha value is -3.89. The fourth-order valence-electron chi connectivity index (χ4n) is 4.02. The zero-order valence-electron chi connectivity index (χ0n) is 20.8. The van der Waals surface area contributed by atoms with Crippen molar-refractivity contribution in [2.75, 3.05) is 11.5 Å². The van der Waals surface area contributed by atoms with Gasteiger partial charge in [-0.2, -0.15) is 0 Å². The Morgan fingerprint density at radius 2 is 1.87 bits per heavy atom. The quantitative estimate of drug-likeness (QED) is 0.0875. The molecular formula is C28H25N3O5S2. The first-order valence-corrected chi connectivity index (χ1v) is 13.9. The number of carbonyl (C=O) groups is 2. The highest BCUT2D eigenvalue weighted by molar-refractivity contribution is 8.00. The standard InChI is InChI=1S/C28H25N3O5S2/c1-3-14-35-20-12-10-19(11-13-20)24(32)22-23(21-5-4-15-36-21)31(26(34)25(22)33)27-29-30-28(38-27)37-16-18-8-6-17(2)7-9-18/h4-13,15,23,32H,3,14,16H2,1-2H3/b24-22-. The first-order chi connectivity index (χ1) is 18.5. The molecule has 0 aliphatic carbocycles. The Bertz CT molecular complexity index is 1460. The molecule has 1 amide bonds. The van der Waals surface area contributed by atoms with E-state index in [2.05, 4.69) is 34.5 Å². The number of hydrogen-bond acceptors (Lipinski definition) is 9. The number of ketones is 1. The van der Waals surface area contributed by atoms with Gasteiger partial charge >= 0.3 is 5.91 Å². The highest BCUT2D eigenvalue weighted by atomic mass is 32.2. The number of amides is 1. The summed E-state index contributed by atoms with van der Waals surface area (Å²) in [6.45, 7) is 4.62. The Balaban J connectivity index is 1.46. The topological polar surface area (TPSA) is 106 Å². The van der Waals surface area contributed by atoms with Crippen molar-refractivity contribution in [3.05, 3.63) is 95.0 Å². The van der Waals surface area contributed by atoms with Gasteiger partial charge in [-0.15, -0.1) is 10.2 Å². The van der Waals surface area contributed by atoms with Gasteiger partial charge in [0.25, 0.3) is 5.78 Å². The highest BCUT2D eigenvalue weighted by Crippen LogP contribution is 2.44. The lowest BCUT2D eigenvalue weighted by Gasteiger charge is -2.20. The average Bonchev–Trinajstić information content (AvgIpc) is 3.68. The minimum absolute atomic E-state index is 0.0729. The van der Waals surface area contributed by atoms with Gasteiger partial charge in [-0.25, -0.2) is 0 Å². The zero-order chi connectivity index (χ0) is 26.6. The Kier molecular flexibility index (Phi) is 7.62. The molecule has 0 saturated carbocycles. The van der Waals surface area contributed by atoms with E-state index in [9.17, 15) is 14.7 Å². The number of aliphatic hydroxyl groups is 1. The van der Waals surface area contributed by atoms with Crippen LogP contribution in [0.1, 0.15) is 41.8 Å². The monoisotopic (exact) mass is 547 g/mol. The molecule has 0 bridgehead atoms. The maximum absolute atomic E-state index is 13.3. The number of aryl methyl sites for hydroxylation is 1. The van der Waals surface area contributed by atoms with Crippen LogP contribution in [0.4, 0.5) is 5.13 Å². The van der Waals surface area contributed by atoms with Crippen molar-refractivity contribution in [3.63, 3.8) is 0 Å². The van der Waals surface area contributed by atoms with Gasteiger partial charge in [0, 0.05) is 11.3 Å². The fourth-order valence-corrected chi connectivity index (χ4v) is 5.84. The smallest absolute Gasteiger partial charge is 0.302 e. The third kappa shape index (κ3) is 5.23. The molecule has 1 saturated heterocycles. The SMILES string of the molecule is CCCOc1ccc(/C(O)=C2/C(=O)C(=O)N(c3nnc(SCc4ccc(C)cc4)s3)C2c2ccco2)cc1. The minimum Gasteiger partial charge on any atom is -0.507 e. The molecule has 1 N–H and O–H groups in total. The van der Waals surface area contributed by atoms with Gasteiger partial charge in [-0.1, -0.05) is 59.9 Å². The summed E-state index contributed by atoms with van der Waals surface area (Å²) < 4.78 is 11.9. The van der Waals surface area contributed by atoms with Crippen LogP contribution in [0, 0.1) is 6.92 Å². The molecular weight excluding hydrogens is 522 g/mol. The van der Waals surface area contributed by atoms with Crippen LogP contribution in [0.2, 0.25) is 0 Å². The van der Waals surface area contributed by atoms with E-state index >= 15 is 0 Å². The number of aromatic nitrogens is 2. The van der Waals surface area contributed by atoms with Gasteiger partial charge in [-0.3, -0.25) is 14.5 Å². The van der Waals surface area contributed by atoms with Crippen molar-refractivity contribution in [2.24, 2.45) is 0 Å². The van der Waals surface area contributed by atoms with Crippen LogP contribution in [0.15, 0.2) is 81.3 Å². The van der Waals surface area contributed by atoms with Crippen LogP contribution >= 0.6 is 23.1 Å². The molecule has 3 heterocycles. The third-order valence-electron chi connectivity index (χ3n) is 5.94. The Labute approximate surface area is 228 Å². The number of rotatable bonds is 9. The molecule has 1 aliphatic heterocycles. The number of ether oxygens (including phenoxy) is 1. The molecule has 8 nitrogen and oxygen atoms in total. The summed E-state index contributed by atoms with van der Waals surface area (Å²) in [6.07, 6.45) is 2.32. The lowest BCUT2D eigenvalue weighted by molar-refractivity contribution is -0.132. The lowest BCUT2D eigenvalue weighted by Crippen LogP contribution is -2.29. The normalized spacial score (nSPS) is 16.8. The van der Waals surface area contributed by atoms with Crippen molar-refractivity contribution in [1.82, 2.24) is 10.2 Å². The molecule has 38 heavy (non-hydrogen) atoms. The molecule has 0 radical (unpaired) electrons. The van der Waals surface area contributed by atoms with E-state index < -0.39 is 17.7 Å². The largest absolute Gasteiger partial charge is 0.507 e. The Morgan fingerprint density at radius 1 is 1.11 bits per heavy atom. The molecule has 1 fully saturated rings. The molecule has 1 atom stereocenters. The summed E-state index contributed by atoms with van der Waals surface area (Å²) in [5.74, 6) is -0.254. The second-order valence-electron chi connectivity index (χ2n) is 8.68. The number of nitrogens with zero attached hydrogens (tertiary/aromatic N) is 3. The fraction of sp³-hybridized carbons (Fsp3) is 0.214. The van der Waals surface area contributed by atoms with Gasteiger partial charge in [0.15, 0.2) is 4.34 Å². The van der Waals surface area contributed by atoms with E-state index in [-0.39, 0.29) is 16.5 Å². The van der Waals surface area contributed by atoms with Gasteiger partial charge in [0.2, 0.25) is 5.13 Å². The van der Waals surface area contributed by atoms with E-state index in [0.29, 0.717) is 33.8 Å². The van der Waals surface area contributed by atoms with Gasteiger partial charge < -0.3 is 14.3 Å². The summed E-state index contributed by atoms with van der Waals surface area (Å²) in [5, 5.41) is 19.9. The average molecular weight is 548 g/mol. The minimum atomic E-state index is -0.982. The summed E-state index contributed by atoms with van der Waals surface area (Å²) >= 11 is 2.71. The van der Waals surface area contributed by atoms with Crippen LogP contribution in [0.25, 0.3) is 5.76 Å². The second-order valence-corrected chi connectivity index (χ2v) is 10.9. The maximum Gasteiger partial charge on any atom is 0.302 e. The molecule has 4 aromatic rings. The van der Waals surface area contributed by atoms with Crippen molar-refractivity contribution in [3.8, 4) is 5.75 Å². The molecule has 0 spiro atoms. The lowest BCUT2D eigenvalue weighted by atomic mass is 9.99. The van der Waals surface area contributed by atoms with E-state index in [4.69, 9.17) is 9.15 Å². The number of thioether (sulfide) groups is 1. The van der Waals surface area contributed by atoms with E-state index in [1.54, 1.807) is 36.4 Å². The van der Waals surface area contributed by atoms with E-state index in [1.807, 2.05) is 13.8 Å². The van der Waals surface area contributed by atoms with E-state index in [0.717, 1.165) is 12.0 Å². The zero-order valence-corrected chi connectivity index (χ0v) is 22.4. The summed E-state index contributed by atoms with van der Waals surface area (Å²) in [4.78, 5) is 27.7. The predicted octanol–water partition coefficient (Wildman–Crippen LogP) is 6.15. The summed E-state index contributed by atoms with van der Waals surface area (Å²) in [5.41, 5.74) is 2.64. The molecule has 1 unspecified atom stereocenters. The van der Waals surface area contributed by atoms with Crippen LogP contribution in [-0.2, 0) is 15.3 Å². The van der Waals surface area contributed by atoms with Gasteiger partial charge in [0.1, 0.15) is 23.3 Å². The number of furan rings is 1. The van der Waals surface area contributed by atoms with Crippen LogP contribution in [0.3, 0.4) is 0 Å². The van der Waals surface area contributed by atoms with Crippen LogP contribution in [0.5, 0.6) is 5.75 Å². The molecule has 1 aliphatic rings. The van der Waals surface area contributed by atoms with Crippen molar-refractivity contribution in [1.29, 1.82) is 0 Å². The molecule has 5 rings (SSSR count). The van der Waals surface area contributed by atoms with Crippen molar-refractivity contribution < 1.29 is 23.8 Å². The van der Waals surface area contributed by atoms with Crippen molar-refractivity contribution >= 4 is 45.7 Å². The number of hydrogen-bond donors (Lipinski definition) is 1.